The first-order chi connectivity index (χ1) is 13.7. The molecule has 0 spiro atoms. The van der Waals surface area contributed by atoms with Crippen LogP contribution in [0.15, 0.2) is 18.3 Å². The largest absolute Gasteiger partial charge is 0.425 e. The van der Waals surface area contributed by atoms with Gasteiger partial charge in [0.2, 0.25) is 0 Å². The summed E-state index contributed by atoms with van der Waals surface area (Å²) in [6, 6.07) is 3.80. The summed E-state index contributed by atoms with van der Waals surface area (Å²) in [6.45, 7) is 4.35. The van der Waals surface area contributed by atoms with E-state index in [2.05, 4.69) is 18.8 Å². The Balaban J connectivity index is 1.52. The van der Waals surface area contributed by atoms with Gasteiger partial charge in [-0.1, -0.05) is 78.1 Å². The molecule has 28 heavy (non-hydrogen) atoms. The van der Waals surface area contributed by atoms with Crippen LogP contribution in [0.3, 0.4) is 0 Å². The number of hydrogen-bond acceptors (Lipinski definition) is 3. The van der Waals surface area contributed by atoms with Gasteiger partial charge in [-0.05, 0) is 50.2 Å². The van der Waals surface area contributed by atoms with Crippen molar-refractivity contribution in [3.05, 3.63) is 24.0 Å². The molecule has 0 aliphatic heterocycles. The molecule has 158 valence electrons. The van der Waals surface area contributed by atoms with Crippen LogP contribution in [0.5, 0.6) is 5.75 Å². The zero-order valence-corrected chi connectivity index (χ0v) is 18.3. The number of esters is 1. The molecule has 1 fully saturated rings. The third-order valence-corrected chi connectivity index (χ3v) is 6.27. The van der Waals surface area contributed by atoms with Crippen molar-refractivity contribution < 1.29 is 9.53 Å². The summed E-state index contributed by atoms with van der Waals surface area (Å²) in [5.74, 6) is 1.41. The Morgan fingerprint density at radius 1 is 0.929 bits per heavy atom. The molecule has 0 N–H and O–H groups in total. The first-order valence-electron chi connectivity index (χ1n) is 11.9. The number of hydrogen-bond donors (Lipinski definition) is 0. The fourth-order valence-electron chi connectivity index (χ4n) is 4.31. The van der Waals surface area contributed by atoms with Crippen LogP contribution < -0.4 is 4.74 Å². The van der Waals surface area contributed by atoms with Crippen LogP contribution in [0.1, 0.15) is 109 Å². The normalized spacial score (nSPS) is 19.5. The molecule has 1 heterocycles. The van der Waals surface area contributed by atoms with Crippen molar-refractivity contribution in [2.45, 2.75) is 110 Å². The molecule has 0 amide bonds. The first-order valence-corrected chi connectivity index (χ1v) is 11.9. The minimum atomic E-state index is -0.0624. The van der Waals surface area contributed by atoms with Crippen molar-refractivity contribution >= 4 is 5.97 Å². The molecule has 0 unspecified atom stereocenters. The number of ether oxygens (including phenoxy) is 1. The molecule has 0 radical (unpaired) electrons. The van der Waals surface area contributed by atoms with E-state index in [1.54, 1.807) is 6.20 Å². The van der Waals surface area contributed by atoms with Crippen molar-refractivity contribution in [2.24, 2.45) is 11.8 Å². The van der Waals surface area contributed by atoms with Gasteiger partial charge < -0.3 is 4.74 Å². The summed E-state index contributed by atoms with van der Waals surface area (Å²) in [6.07, 6.45) is 20.8. The van der Waals surface area contributed by atoms with Gasteiger partial charge in [-0.25, -0.2) is 0 Å². The van der Waals surface area contributed by atoms with Crippen LogP contribution in [0.25, 0.3) is 0 Å². The highest BCUT2D eigenvalue weighted by Gasteiger charge is 2.27. The Morgan fingerprint density at radius 3 is 2.14 bits per heavy atom. The molecule has 1 aromatic rings. The second-order valence-electron chi connectivity index (χ2n) is 8.59. The Hall–Kier alpha value is -1.38. The number of aromatic nitrogens is 1. The molecular formula is C25H41NO2. The number of nitrogens with zero attached hydrogens (tertiary/aromatic N) is 1. The van der Waals surface area contributed by atoms with Crippen LogP contribution in [0.4, 0.5) is 0 Å². The maximum absolute atomic E-state index is 12.4. The van der Waals surface area contributed by atoms with Gasteiger partial charge in [0.05, 0.1) is 12.1 Å². The summed E-state index contributed by atoms with van der Waals surface area (Å²) in [5.41, 5.74) is 1.02. The Morgan fingerprint density at radius 2 is 1.57 bits per heavy atom. The standard InChI is InChI=1S/C25H41NO2/c1-3-5-6-7-8-9-10-11-12-13-21-14-16-22(17-15-21)25(27)28-24-19-18-23(4-2)26-20-24/h18-22H,3-17H2,1-2H3/t21-,22-. The van der Waals surface area contributed by atoms with E-state index in [0.29, 0.717) is 5.75 Å². The average Bonchev–Trinajstić information content (AvgIpc) is 2.73. The molecule has 0 aromatic carbocycles. The van der Waals surface area contributed by atoms with Crippen LogP contribution in [-0.2, 0) is 11.2 Å². The van der Waals surface area contributed by atoms with Crippen molar-refractivity contribution in [2.75, 3.05) is 0 Å². The van der Waals surface area contributed by atoms with Crippen molar-refractivity contribution in [1.29, 1.82) is 0 Å². The highest BCUT2D eigenvalue weighted by molar-refractivity contribution is 5.75. The molecule has 1 aliphatic carbocycles. The van der Waals surface area contributed by atoms with Gasteiger partial charge in [0.1, 0.15) is 5.75 Å². The molecule has 0 bridgehead atoms. The summed E-state index contributed by atoms with van der Waals surface area (Å²) in [7, 11) is 0. The quantitative estimate of drug-likeness (QED) is 0.264. The van der Waals surface area contributed by atoms with E-state index in [-0.39, 0.29) is 11.9 Å². The molecule has 1 saturated carbocycles. The number of carbonyl (C=O) groups excluding carboxylic acids is 1. The third-order valence-electron chi connectivity index (χ3n) is 6.27. The van der Waals surface area contributed by atoms with Gasteiger partial charge >= 0.3 is 5.97 Å². The fraction of sp³-hybridized carbons (Fsp3) is 0.760. The summed E-state index contributed by atoms with van der Waals surface area (Å²) in [4.78, 5) is 16.7. The maximum Gasteiger partial charge on any atom is 0.314 e. The molecule has 1 aromatic heterocycles. The zero-order chi connectivity index (χ0) is 20.0. The molecule has 2 rings (SSSR count). The van der Waals surface area contributed by atoms with Crippen LogP contribution in [0, 0.1) is 11.8 Å². The van der Waals surface area contributed by atoms with E-state index in [1.165, 1.54) is 77.0 Å². The second-order valence-corrected chi connectivity index (χ2v) is 8.59. The van der Waals surface area contributed by atoms with E-state index >= 15 is 0 Å². The number of unbranched alkanes of at least 4 members (excludes halogenated alkanes) is 8. The highest BCUT2D eigenvalue weighted by Crippen LogP contribution is 2.33. The van der Waals surface area contributed by atoms with Gasteiger partial charge in [-0.2, -0.15) is 0 Å². The second kappa shape index (κ2) is 13.7. The van der Waals surface area contributed by atoms with E-state index in [9.17, 15) is 4.79 Å². The SMILES string of the molecule is CCCCCCCCCCC[C@H]1CC[C@H](C(=O)Oc2ccc(CC)nc2)CC1. The summed E-state index contributed by atoms with van der Waals surface area (Å²) in [5, 5.41) is 0. The minimum Gasteiger partial charge on any atom is -0.425 e. The monoisotopic (exact) mass is 387 g/mol. The van der Waals surface area contributed by atoms with Crippen LogP contribution in [-0.4, -0.2) is 11.0 Å². The lowest BCUT2D eigenvalue weighted by Gasteiger charge is -2.27. The first kappa shape index (κ1) is 22.9. The minimum absolute atomic E-state index is 0.0624. The Labute approximate surface area is 172 Å². The van der Waals surface area contributed by atoms with Gasteiger partial charge in [-0.15, -0.1) is 0 Å². The molecule has 3 heteroatoms. The van der Waals surface area contributed by atoms with Crippen LogP contribution in [0.2, 0.25) is 0 Å². The molecule has 0 atom stereocenters. The molecule has 0 saturated heterocycles. The topological polar surface area (TPSA) is 39.2 Å². The van der Waals surface area contributed by atoms with Crippen molar-refractivity contribution in [3.63, 3.8) is 0 Å². The molecule has 1 aliphatic rings. The van der Waals surface area contributed by atoms with Crippen molar-refractivity contribution in [1.82, 2.24) is 4.98 Å². The van der Waals surface area contributed by atoms with Gasteiger partial charge in [0.15, 0.2) is 0 Å². The summed E-state index contributed by atoms with van der Waals surface area (Å²) >= 11 is 0. The van der Waals surface area contributed by atoms with E-state index in [1.807, 2.05) is 12.1 Å². The summed E-state index contributed by atoms with van der Waals surface area (Å²) < 4.78 is 5.55. The van der Waals surface area contributed by atoms with E-state index in [0.717, 1.165) is 30.9 Å². The molecular weight excluding hydrogens is 346 g/mol. The average molecular weight is 388 g/mol. The lowest BCUT2D eigenvalue weighted by atomic mass is 9.80. The van der Waals surface area contributed by atoms with E-state index in [4.69, 9.17) is 4.74 Å². The number of pyridine rings is 1. The predicted molar refractivity (Wildman–Crippen MR) is 117 cm³/mol. The Kier molecular flexibility index (Phi) is 11.2. The number of carbonyl (C=O) groups is 1. The Bertz CT molecular complexity index is 532. The van der Waals surface area contributed by atoms with Crippen LogP contribution >= 0.6 is 0 Å². The predicted octanol–water partition coefficient (Wildman–Crippen LogP) is 7.28. The smallest absolute Gasteiger partial charge is 0.314 e. The molecule has 3 nitrogen and oxygen atoms in total. The van der Waals surface area contributed by atoms with Crippen molar-refractivity contribution in [3.8, 4) is 5.75 Å². The lowest BCUT2D eigenvalue weighted by Crippen LogP contribution is -2.25. The van der Waals surface area contributed by atoms with Gasteiger partial charge in [0, 0.05) is 5.69 Å². The number of rotatable bonds is 13. The zero-order valence-electron chi connectivity index (χ0n) is 18.3. The third kappa shape index (κ3) is 8.75. The van der Waals surface area contributed by atoms with Gasteiger partial charge in [0.25, 0.3) is 0 Å². The lowest BCUT2D eigenvalue weighted by molar-refractivity contribution is -0.140. The highest BCUT2D eigenvalue weighted by atomic mass is 16.5. The fourth-order valence-corrected chi connectivity index (χ4v) is 4.31. The van der Waals surface area contributed by atoms with Gasteiger partial charge in [-0.3, -0.25) is 9.78 Å². The maximum atomic E-state index is 12.4. The number of aryl methyl sites for hydroxylation is 1. The van der Waals surface area contributed by atoms with E-state index < -0.39 is 0 Å².